The molecule has 0 fully saturated rings. The van der Waals surface area contributed by atoms with Gasteiger partial charge in [0.25, 0.3) is 0 Å². The maximum absolute atomic E-state index is 6.54. The smallest absolute Gasteiger partial charge is 0.0850 e. The summed E-state index contributed by atoms with van der Waals surface area (Å²) in [5, 5.41) is 1.13. The minimum atomic E-state index is -0.287. The summed E-state index contributed by atoms with van der Waals surface area (Å²) in [5.74, 6) is 0. The van der Waals surface area contributed by atoms with E-state index >= 15 is 0 Å². The third kappa shape index (κ3) is 3.08. The minimum absolute atomic E-state index is 0.287. The lowest BCUT2D eigenvalue weighted by atomic mass is 9.99. The molecule has 0 aliphatic rings. The molecule has 0 amide bonds. The van der Waals surface area contributed by atoms with Crippen molar-refractivity contribution in [2.75, 3.05) is 0 Å². The standard InChI is InChI=1S/C16H15Cl3/c1-9-4-5-12(8-14(9)17)16(19)13-6-10(2)11(3)7-15(13)18/h4-8,16H,1-3H3. The molecule has 0 saturated heterocycles. The summed E-state index contributed by atoms with van der Waals surface area (Å²) in [4.78, 5) is 0. The van der Waals surface area contributed by atoms with Gasteiger partial charge < -0.3 is 0 Å². The maximum Gasteiger partial charge on any atom is 0.0850 e. The predicted octanol–water partition coefficient (Wildman–Crippen LogP) is 6.25. The van der Waals surface area contributed by atoms with Crippen LogP contribution in [0.2, 0.25) is 10.0 Å². The number of hydrogen-bond acceptors (Lipinski definition) is 0. The van der Waals surface area contributed by atoms with E-state index in [2.05, 4.69) is 6.92 Å². The fourth-order valence-electron chi connectivity index (χ4n) is 1.94. The lowest BCUT2D eigenvalue weighted by Gasteiger charge is -2.15. The number of rotatable bonds is 2. The summed E-state index contributed by atoms with van der Waals surface area (Å²) < 4.78 is 0. The molecule has 0 nitrogen and oxygen atoms in total. The third-order valence-corrected chi connectivity index (χ3v) is 4.60. The van der Waals surface area contributed by atoms with Gasteiger partial charge in [0.15, 0.2) is 0 Å². The molecule has 0 aliphatic heterocycles. The zero-order chi connectivity index (χ0) is 14.2. The second kappa shape index (κ2) is 5.75. The molecule has 2 rings (SSSR count). The molecule has 0 spiro atoms. The molecule has 0 N–H and O–H groups in total. The summed E-state index contributed by atoms with van der Waals surface area (Å²) >= 11 is 19.0. The van der Waals surface area contributed by atoms with Crippen LogP contribution in [0.3, 0.4) is 0 Å². The molecule has 0 radical (unpaired) electrons. The van der Waals surface area contributed by atoms with Crippen molar-refractivity contribution in [3.8, 4) is 0 Å². The Hall–Kier alpha value is -0.690. The predicted molar refractivity (Wildman–Crippen MR) is 84.8 cm³/mol. The monoisotopic (exact) mass is 312 g/mol. The van der Waals surface area contributed by atoms with Crippen molar-refractivity contribution in [1.82, 2.24) is 0 Å². The lowest BCUT2D eigenvalue weighted by Crippen LogP contribution is -1.97. The topological polar surface area (TPSA) is 0 Å². The SMILES string of the molecule is Cc1cc(Cl)c(C(Cl)c2ccc(C)c(Cl)c2)cc1C. The van der Waals surface area contributed by atoms with Gasteiger partial charge in [-0.15, -0.1) is 11.6 Å². The normalized spacial score (nSPS) is 12.5. The Bertz CT molecular complexity index is 618. The van der Waals surface area contributed by atoms with Crippen molar-refractivity contribution in [2.45, 2.75) is 26.1 Å². The zero-order valence-corrected chi connectivity index (χ0v) is 13.4. The number of hydrogen-bond donors (Lipinski definition) is 0. The van der Waals surface area contributed by atoms with Crippen molar-refractivity contribution in [3.05, 3.63) is 68.2 Å². The van der Waals surface area contributed by atoms with Crippen LogP contribution < -0.4 is 0 Å². The van der Waals surface area contributed by atoms with Crippen LogP contribution in [-0.2, 0) is 0 Å². The Kier molecular flexibility index (Phi) is 4.45. The maximum atomic E-state index is 6.54. The highest BCUT2D eigenvalue weighted by molar-refractivity contribution is 6.33. The van der Waals surface area contributed by atoms with Crippen LogP contribution in [0.15, 0.2) is 30.3 Å². The van der Waals surface area contributed by atoms with Crippen LogP contribution in [0.5, 0.6) is 0 Å². The van der Waals surface area contributed by atoms with Crippen LogP contribution in [0.4, 0.5) is 0 Å². The molecule has 2 aromatic carbocycles. The summed E-state index contributed by atoms with van der Waals surface area (Å²) in [5.41, 5.74) is 5.28. The number of aryl methyl sites for hydroxylation is 3. The average Bonchev–Trinajstić information content (AvgIpc) is 2.36. The largest absolute Gasteiger partial charge is 0.113 e. The van der Waals surface area contributed by atoms with Crippen molar-refractivity contribution >= 4 is 34.8 Å². The molecular weight excluding hydrogens is 299 g/mol. The molecule has 0 aliphatic carbocycles. The molecule has 0 bridgehead atoms. The van der Waals surface area contributed by atoms with E-state index in [1.807, 2.05) is 44.2 Å². The van der Waals surface area contributed by atoms with E-state index < -0.39 is 0 Å². The van der Waals surface area contributed by atoms with E-state index in [0.717, 1.165) is 21.7 Å². The van der Waals surface area contributed by atoms with Gasteiger partial charge in [0.05, 0.1) is 5.38 Å². The van der Waals surface area contributed by atoms with Gasteiger partial charge in [0, 0.05) is 10.0 Å². The van der Waals surface area contributed by atoms with Crippen molar-refractivity contribution < 1.29 is 0 Å². The molecular formula is C16H15Cl3. The second-order valence-electron chi connectivity index (χ2n) is 4.83. The quantitative estimate of drug-likeness (QED) is 0.575. The molecule has 1 unspecified atom stereocenters. The fraction of sp³-hybridized carbons (Fsp3) is 0.250. The van der Waals surface area contributed by atoms with Gasteiger partial charge in [-0.1, -0.05) is 41.4 Å². The first-order valence-corrected chi connectivity index (χ1v) is 7.26. The Morgan fingerprint density at radius 2 is 1.42 bits per heavy atom. The minimum Gasteiger partial charge on any atom is -0.113 e. The zero-order valence-electron chi connectivity index (χ0n) is 11.1. The summed E-state index contributed by atoms with van der Waals surface area (Å²) in [6.07, 6.45) is 0. The summed E-state index contributed by atoms with van der Waals surface area (Å²) in [6, 6.07) is 9.87. The number of halogens is 3. The molecule has 0 aromatic heterocycles. The van der Waals surface area contributed by atoms with Crippen molar-refractivity contribution in [3.63, 3.8) is 0 Å². The van der Waals surface area contributed by atoms with Gasteiger partial charge in [-0.2, -0.15) is 0 Å². The van der Waals surface area contributed by atoms with Crippen LogP contribution in [0.1, 0.15) is 33.2 Å². The van der Waals surface area contributed by atoms with Gasteiger partial charge in [0.1, 0.15) is 0 Å². The van der Waals surface area contributed by atoms with Gasteiger partial charge in [-0.3, -0.25) is 0 Å². The number of alkyl halides is 1. The van der Waals surface area contributed by atoms with E-state index in [1.165, 1.54) is 11.1 Å². The lowest BCUT2D eigenvalue weighted by molar-refractivity contribution is 1.12. The van der Waals surface area contributed by atoms with Crippen molar-refractivity contribution in [1.29, 1.82) is 0 Å². The van der Waals surface area contributed by atoms with E-state index in [0.29, 0.717) is 5.02 Å². The molecule has 2 aromatic rings. The first kappa shape index (κ1) is 14.7. The number of benzene rings is 2. The highest BCUT2D eigenvalue weighted by atomic mass is 35.5. The Balaban J connectivity index is 2.46. The average molecular weight is 314 g/mol. The first-order valence-electron chi connectivity index (χ1n) is 6.07. The van der Waals surface area contributed by atoms with Crippen LogP contribution >= 0.6 is 34.8 Å². The van der Waals surface area contributed by atoms with Crippen LogP contribution in [0, 0.1) is 20.8 Å². The van der Waals surface area contributed by atoms with Gasteiger partial charge >= 0.3 is 0 Å². The molecule has 3 heteroatoms. The van der Waals surface area contributed by atoms with E-state index in [-0.39, 0.29) is 5.38 Å². The van der Waals surface area contributed by atoms with E-state index in [4.69, 9.17) is 34.8 Å². The molecule has 0 saturated carbocycles. The van der Waals surface area contributed by atoms with Gasteiger partial charge in [-0.25, -0.2) is 0 Å². The Labute approximate surface area is 129 Å². The Morgan fingerprint density at radius 3 is 2.05 bits per heavy atom. The molecule has 1 atom stereocenters. The van der Waals surface area contributed by atoms with Crippen LogP contribution in [0.25, 0.3) is 0 Å². The molecule has 19 heavy (non-hydrogen) atoms. The van der Waals surface area contributed by atoms with Crippen molar-refractivity contribution in [2.24, 2.45) is 0 Å². The van der Waals surface area contributed by atoms with Gasteiger partial charge in [0.2, 0.25) is 0 Å². The third-order valence-electron chi connectivity index (χ3n) is 3.37. The van der Waals surface area contributed by atoms with Gasteiger partial charge in [-0.05, 0) is 60.7 Å². The molecule has 100 valence electrons. The fourth-order valence-corrected chi connectivity index (χ4v) is 2.83. The van der Waals surface area contributed by atoms with Crippen LogP contribution in [-0.4, -0.2) is 0 Å². The summed E-state index contributed by atoms with van der Waals surface area (Å²) in [6.45, 7) is 6.07. The molecule has 0 heterocycles. The summed E-state index contributed by atoms with van der Waals surface area (Å²) in [7, 11) is 0. The Morgan fingerprint density at radius 1 is 0.789 bits per heavy atom. The van der Waals surface area contributed by atoms with E-state index in [9.17, 15) is 0 Å². The second-order valence-corrected chi connectivity index (χ2v) is 6.08. The highest BCUT2D eigenvalue weighted by Gasteiger charge is 2.16. The first-order chi connectivity index (χ1) is 8.90. The van der Waals surface area contributed by atoms with E-state index in [1.54, 1.807) is 0 Å². The highest BCUT2D eigenvalue weighted by Crippen LogP contribution is 2.36.